The van der Waals surface area contributed by atoms with E-state index in [1.165, 1.54) is 0 Å². The molecule has 2 fully saturated rings. The van der Waals surface area contributed by atoms with Crippen LogP contribution in [0.3, 0.4) is 0 Å². The maximum absolute atomic E-state index is 14.1. The molecule has 0 spiro atoms. The van der Waals surface area contributed by atoms with Crippen LogP contribution in [-0.4, -0.2) is 53.6 Å². The number of anilines is 1. The van der Waals surface area contributed by atoms with Gasteiger partial charge in [-0.25, -0.2) is 4.90 Å². The normalized spacial score (nSPS) is 24.2. The molecule has 4 aliphatic heterocycles. The lowest BCUT2D eigenvalue weighted by Crippen LogP contribution is -2.46. The Morgan fingerprint density at radius 2 is 1.51 bits per heavy atom. The van der Waals surface area contributed by atoms with Crippen molar-refractivity contribution in [2.75, 3.05) is 18.1 Å². The number of fused-ring (bicyclic) bond motifs is 4. The van der Waals surface area contributed by atoms with E-state index in [4.69, 9.17) is 9.47 Å². The summed E-state index contributed by atoms with van der Waals surface area (Å²) < 4.78 is 12.1. The lowest BCUT2D eigenvalue weighted by molar-refractivity contribution is -0.123. The zero-order valence-corrected chi connectivity index (χ0v) is 23.2. The first kappa shape index (κ1) is 25.5. The number of ether oxygens (including phenoxy) is 2. The number of imide groups is 1. The molecular weight excluding hydrogens is 588 g/mol. The van der Waals surface area contributed by atoms with Gasteiger partial charge in [-0.1, -0.05) is 64.5 Å². The molecule has 41 heavy (non-hydrogen) atoms. The van der Waals surface area contributed by atoms with E-state index in [0.717, 1.165) is 9.37 Å². The lowest BCUT2D eigenvalue weighted by Gasteiger charge is -2.33. The van der Waals surface area contributed by atoms with Crippen LogP contribution in [0.15, 0.2) is 101 Å². The molecule has 204 valence electrons. The fraction of sp³-hybridized carbons (Fsp3) is 0.188. The first-order valence-electron chi connectivity index (χ1n) is 13.3. The van der Waals surface area contributed by atoms with E-state index in [2.05, 4.69) is 15.9 Å². The molecule has 0 radical (unpaired) electrons. The smallest absolute Gasteiger partial charge is 0.240 e. The molecule has 0 unspecified atom stereocenters. The monoisotopic (exact) mass is 610 g/mol. The lowest BCUT2D eigenvalue weighted by atomic mass is 9.85. The summed E-state index contributed by atoms with van der Waals surface area (Å²) in [6.07, 6.45) is 5.05. The second kappa shape index (κ2) is 9.85. The Morgan fingerprint density at radius 3 is 2.27 bits per heavy atom. The van der Waals surface area contributed by atoms with Gasteiger partial charge in [-0.2, -0.15) is 0 Å². The number of amides is 2. The molecule has 2 amide bonds. The zero-order chi connectivity index (χ0) is 28.2. The van der Waals surface area contributed by atoms with Crippen LogP contribution in [0.5, 0.6) is 11.5 Å². The Bertz CT molecular complexity index is 1670. The van der Waals surface area contributed by atoms with Crippen LogP contribution >= 0.6 is 15.9 Å². The average Bonchev–Trinajstić information content (AvgIpc) is 3.48. The number of halogens is 1. The van der Waals surface area contributed by atoms with E-state index in [9.17, 15) is 19.2 Å². The van der Waals surface area contributed by atoms with Gasteiger partial charge in [0.25, 0.3) is 0 Å². The van der Waals surface area contributed by atoms with Crippen LogP contribution < -0.4 is 14.4 Å². The van der Waals surface area contributed by atoms with Crippen molar-refractivity contribution in [3.05, 3.63) is 112 Å². The van der Waals surface area contributed by atoms with E-state index in [-0.39, 0.29) is 11.6 Å². The topological polar surface area (TPSA) is 93.2 Å². The number of Topliss-reactive ketones (excluding diaryl/α,β-unsaturated/α-hetero) is 2. The minimum Gasteiger partial charge on any atom is -0.486 e. The largest absolute Gasteiger partial charge is 0.486 e. The second-order valence-corrected chi connectivity index (χ2v) is 11.2. The highest BCUT2D eigenvalue weighted by Crippen LogP contribution is 2.48. The van der Waals surface area contributed by atoms with Crippen molar-refractivity contribution >= 4 is 45.0 Å². The number of hydrogen-bond donors (Lipinski definition) is 0. The van der Waals surface area contributed by atoms with E-state index in [1.807, 2.05) is 6.07 Å². The summed E-state index contributed by atoms with van der Waals surface area (Å²) in [5.74, 6) is -2.15. The number of hydrogen-bond acceptors (Lipinski definition) is 7. The maximum atomic E-state index is 14.1. The first-order chi connectivity index (χ1) is 19.9. The fourth-order valence-electron chi connectivity index (χ4n) is 6.16. The summed E-state index contributed by atoms with van der Waals surface area (Å²) in [7, 11) is 0. The third-order valence-corrected chi connectivity index (χ3v) is 8.56. The van der Waals surface area contributed by atoms with Gasteiger partial charge in [0.1, 0.15) is 19.3 Å². The van der Waals surface area contributed by atoms with Crippen molar-refractivity contribution in [1.82, 2.24) is 4.90 Å². The van der Waals surface area contributed by atoms with Crippen molar-refractivity contribution in [1.29, 1.82) is 0 Å². The van der Waals surface area contributed by atoms with Crippen molar-refractivity contribution in [2.24, 2.45) is 11.8 Å². The number of benzene rings is 3. The summed E-state index contributed by atoms with van der Waals surface area (Å²) >= 11 is 3.40. The van der Waals surface area contributed by atoms with Crippen molar-refractivity contribution in [2.45, 2.75) is 12.1 Å². The van der Waals surface area contributed by atoms with E-state index in [0.29, 0.717) is 47.1 Å². The van der Waals surface area contributed by atoms with Gasteiger partial charge in [-0.3, -0.25) is 19.2 Å². The zero-order valence-electron chi connectivity index (χ0n) is 21.6. The predicted octanol–water partition coefficient (Wildman–Crippen LogP) is 4.60. The minimum absolute atomic E-state index is 0.193. The van der Waals surface area contributed by atoms with Crippen LogP contribution in [0.1, 0.15) is 20.7 Å². The molecule has 2 saturated heterocycles. The average molecular weight is 611 g/mol. The van der Waals surface area contributed by atoms with Gasteiger partial charge < -0.3 is 14.4 Å². The summed E-state index contributed by atoms with van der Waals surface area (Å²) in [5.41, 5.74) is 1.71. The molecule has 3 aromatic carbocycles. The molecule has 9 heteroatoms. The van der Waals surface area contributed by atoms with Crippen molar-refractivity contribution in [3.63, 3.8) is 0 Å². The summed E-state index contributed by atoms with van der Waals surface area (Å²) in [6.45, 7) is 0.777. The molecule has 7 rings (SSSR count). The van der Waals surface area contributed by atoms with Gasteiger partial charge in [0.2, 0.25) is 11.8 Å². The molecule has 8 nitrogen and oxygen atoms in total. The summed E-state index contributed by atoms with van der Waals surface area (Å²) in [4.78, 5) is 58.4. The van der Waals surface area contributed by atoms with Crippen LogP contribution in [-0.2, 0) is 9.59 Å². The minimum atomic E-state index is -0.941. The number of nitrogens with zero attached hydrogens (tertiary/aromatic N) is 2. The number of carbonyl (C=O) groups is 4. The van der Waals surface area contributed by atoms with Crippen molar-refractivity contribution in [3.8, 4) is 11.5 Å². The third-order valence-electron chi connectivity index (χ3n) is 8.03. The SMILES string of the molecule is O=C(C1=C[C@@H]2[C@@H]3C(=O)N(c4ccc5c(c4)OCCO5)C(=O)[C@@H]3[C@@H](C(=O)c3ccc(Br)cc3)N2C=C1)c1ccccc1. The standard InChI is InChI=1S/C32H23BrN2O6/c33-21-8-6-19(7-9-21)30(37)28-27-26(23-16-20(12-13-34(23)28)29(36)18-4-2-1-3-5-18)31(38)35(32(27)39)22-10-11-24-25(17-22)41-15-14-40-24/h1-13,16-17,23,26-28H,14-15H2/t23-,26+,27+,28+/m1/s1. The van der Waals surface area contributed by atoms with E-state index >= 15 is 0 Å². The van der Waals surface area contributed by atoms with Crippen LogP contribution in [0.4, 0.5) is 5.69 Å². The molecule has 3 aromatic rings. The highest BCUT2D eigenvalue weighted by Gasteiger charge is 2.63. The molecule has 0 bridgehead atoms. The maximum Gasteiger partial charge on any atom is 0.240 e. The van der Waals surface area contributed by atoms with Gasteiger partial charge in [-0.15, -0.1) is 0 Å². The fourth-order valence-corrected chi connectivity index (χ4v) is 6.43. The third kappa shape index (κ3) is 4.11. The Balaban J connectivity index is 1.30. The highest BCUT2D eigenvalue weighted by atomic mass is 79.9. The molecule has 4 atom stereocenters. The van der Waals surface area contributed by atoms with Gasteiger partial charge in [0, 0.05) is 33.4 Å². The highest BCUT2D eigenvalue weighted by molar-refractivity contribution is 9.10. The number of rotatable bonds is 5. The van der Waals surface area contributed by atoms with Gasteiger partial charge in [0.05, 0.1) is 23.6 Å². The van der Waals surface area contributed by atoms with E-state index < -0.39 is 35.7 Å². The van der Waals surface area contributed by atoms with Crippen LogP contribution in [0.25, 0.3) is 0 Å². The number of ketones is 2. The Hall–Kier alpha value is -4.50. The predicted molar refractivity (Wildman–Crippen MR) is 153 cm³/mol. The number of carbonyl (C=O) groups excluding carboxylic acids is 4. The Morgan fingerprint density at radius 1 is 0.805 bits per heavy atom. The molecule has 0 N–H and O–H groups in total. The van der Waals surface area contributed by atoms with E-state index in [1.54, 1.807) is 90.0 Å². The summed E-state index contributed by atoms with van der Waals surface area (Å²) in [6, 6.07) is 19.2. The van der Waals surface area contributed by atoms with Crippen LogP contribution in [0, 0.1) is 11.8 Å². The molecule has 4 heterocycles. The Kier molecular flexibility index (Phi) is 6.12. The molecule has 4 aliphatic rings. The molecule has 0 aliphatic carbocycles. The van der Waals surface area contributed by atoms with Gasteiger partial charge in [0.15, 0.2) is 23.1 Å². The molecular formula is C32H23BrN2O6. The van der Waals surface area contributed by atoms with Gasteiger partial charge >= 0.3 is 0 Å². The first-order valence-corrected chi connectivity index (χ1v) is 14.1. The number of allylic oxidation sites excluding steroid dienone is 2. The molecule has 0 saturated carbocycles. The van der Waals surface area contributed by atoms with Crippen molar-refractivity contribution < 1.29 is 28.7 Å². The molecule has 0 aromatic heterocycles. The van der Waals surface area contributed by atoms with Gasteiger partial charge in [-0.05, 0) is 30.3 Å². The quantitative estimate of drug-likeness (QED) is 0.308. The Labute approximate surface area is 244 Å². The van der Waals surface area contributed by atoms with Crippen LogP contribution in [0.2, 0.25) is 0 Å². The second-order valence-electron chi connectivity index (χ2n) is 10.3. The summed E-state index contributed by atoms with van der Waals surface area (Å²) in [5, 5.41) is 0.